The molecule has 0 saturated heterocycles. The van der Waals surface area contributed by atoms with Gasteiger partial charge in [0.1, 0.15) is 5.76 Å². The Kier molecular flexibility index (Phi) is 3.56. The van der Waals surface area contributed by atoms with E-state index >= 15 is 0 Å². The summed E-state index contributed by atoms with van der Waals surface area (Å²) >= 11 is 1.01. The number of aromatic nitrogens is 3. The summed E-state index contributed by atoms with van der Waals surface area (Å²) in [5.74, 6) is 6.46. The number of carboxylic acid groups (broad SMARTS) is 1. The molecule has 3 N–H and O–H groups in total. The van der Waals surface area contributed by atoms with Crippen LogP contribution in [0.25, 0.3) is 11.6 Å². The van der Waals surface area contributed by atoms with Crippen molar-refractivity contribution in [3.8, 4) is 11.6 Å². The summed E-state index contributed by atoms with van der Waals surface area (Å²) < 4.78 is 6.74. The molecule has 0 bridgehead atoms. The normalized spacial score (nSPS) is 10.7. The molecule has 0 unspecified atom stereocenters. The molecule has 0 saturated carbocycles. The van der Waals surface area contributed by atoms with E-state index in [2.05, 4.69) is 10.2 Å². The number of thioether (sulfide) groups is 1. The lowest BCUT2D eigenvalue weighted by molar-refractivity contribution is -0.133. The van der Waals surface area contributed by atoms with Gasteiger partial charge in [0.25, 0.3) is 0 Å². The van der Waals surface area contributed by atoms with Gasteiger partial charge in [0.05, 0.1) is 5.75 Å². The van der Waals surface area contributed by atoms with Gasteiger partial charge < -0.3 is 15.4 Å². The van der Waals surface area contributed by atoms with Crippen LogP contribution in [-0.2, 0) is 11.2 Å². The van der Waals surface area contributed by atoms with Crippen molar-refractivity contribution >= 4 is 17.7 Å². The van der Waals surface area contributed by atoms with Crippen LogP contribution in [0.4, 0.5) is 0 Å². The highest BCUT2D eigenvalue weighted by Gasteiger charge is 2.16. The number of aryl methyl sites for hydroxylation is 1. The van der Waals surface area contributed by atoms with E-state index in [1.807, 2.05) is 13.0 Å². The molecule has 7 nitrogen and oxygen atoms in total. The summed E-state index contributed by atoms with van der Waals surface area (Å²) in [4.78, 5) is 10.5. The monoisotopic (exact) mass is 268 g/mol. The van der Waals surface area contributed by atoms with E-state index in [4.69, 9.17) is 15.4 Å². The Hall–Kier alpha value is -1.96. The number of furan rings is 1. The average Bonchev–Trinajstić information content (AvgIpc) is 2.93. The molecular weight excluding hydrogens is 256 g/mol. The van der Waals surface area contributed by atoms with Gasteiger partial charge in [-0.1, -0.05) is 18.7 Å². The van der Waals surface area contributed by atoms with Crippen LogP contribution >= 0.6 is 11.8 Å². The predicted octanol–water partition coefficient (Wildman–Crippen LogP) is 0.991. The predicted molar refractivity (Wildman–Crippen MR) is 65.6 cm³/mol. The number of hydrogen-bond donors (Lipinski definition) is 2. The zero-order valence-electron chi connectivity index (χ0n) is 9.66. The van der Waals surface area contributed by atoms with E-state index in [-0.39, 0.29) is 5.75 Å². The fourth-order valence-corrected chi connectivity index (χ4v) is 1.93. The van der Waals surface area contributed by atoms with Gasteiger partial charge in [-0.05, 0) is 12.1 Å². The van der Waals surface area contributed by atoms with Crippen molar-refractivity contribution in [3.05, 3.63) is 17.9 Å². The topological polar surface area (TPSA) is 107 Å². The van der Waals surface area contributed by atoms with E-state index < -0.39 is 5.97 Å². The summed E-state index contributed by atoms with van der Waals surface area (Å²) in [7, 11) is 0. The van der Waals surface area contributed by atoms with Gasteiger partial charge in [-0.2, -0.15) is 0 Å². The number of nitrogens with zero attached hydrogens (tertiary/aromatic N) is 3. The molecule has 0 aliphatic rings. The SMILES string of the molecule is CCc1ccc(-c2nnc(SCC(=O)O)n2N)o1. The third-order valence-corrected chi connectivity index (χ3v) is 3.15. The second-order valence-corrected chi connectivity index (χ2v) is 4.42. The Morgan fingerprint density at radius 1 is 1.56 bits per heavy atom. The van der Waals surface area contributed by atoms with Gasteiger partial charge in [0.15, 0.2) is 5.76 Å². The van der Waals surface area contributed by atoms with Crippen LogP contribution in [0.3, 0.4) is 0 Å². The molecule has 0 radical (unpaired) electrons. The number of carboxylic acids is 1. The Labute approximate surface area is 107 Å². The van der Waals surface area contributed by atoms with Crippen molar-refractivity contribution in [3.63, 3.8) is 0 Å². The fourth-order valence-electron chi connectivity index (χ4n) is 1.36. The molecule has 0 aliphatic carbocycles. The second-order valence-electron chi connectivity index (χ2n) is 3.48. The lowest BCUT2D eigenvalue weighted by Gasteiger charge is -2.00. The molecule has 8 heteroatoms. The van der Waals surface area contributed by atoms with E-state index in [9.17, 15) is 4.79 Å². The molecule has 2 aromatic heterocycles. The Bertz CT molecular complexity index is 563. The molecule has 0 atom stereocenters. The first-order valence-electron chi connectivity index (χ1n) is 5.26. The fraction of sp³-hybridized carbons (Fsp3) is 0.300. The van der Waals surface area contributed by atoms with Crippen LogP contribution in [0.15, 0.2) is 21.7 Å². The maximum Gasteiger partial charge on any atom is 0.313 e. The number of rotatable bonds is 5. The van der Waals surface area contributed by atoms with Crippen LogP contribution in [0.1, 0.15) is 12.7 Å². The second kappa shape index (κ2) is 5.13. The first-order chi connectivity index (χ1) is 8.61. The van der Waals surface area contributed by atoms with Crippen LogP contribution in [0, 0.1) is 0 Å². The van der Waals surface area contributed by atoms with Gasteiger partial charge in [-0.25, -0.2) is 4.68 Å². The van der Waals surface area contributed by atoms with Crippen molar-refractivity contribution in [1.82, 2.24) is 14.9 Å². The standard InChI is InChI=1S/C10H12N4O3S/c1-2-6-3-4-7(17-6)9-12-13-10(14(9)11)18-5-8(15)16/h3-4H,2,5,11H2,1H3,(H,15,16). The Morgan fingerprint density at radius 2 is 2.33 bits per heavy atom. The number of nitrogen functional groups attached to an aromatic ring is 1. The third-order valence-electron chi connectivity index (χ3n) is 2.22. The average molecular weight is 268 g/mol. The molecule has 0 aliphatic heterocycles. The van der Waals surface area contributed by atoms with Crippen molar-refractivity contribution in [2.45, 2.75) is 18.5 Å². The molecule has 96 valence electrons. The highest BCUT2D eigenvalue weighted by atomic mass is 32.2. The maximum absolute atomic E-state index is 10.5. The molecule has 0 spiro atoms. The summed E-state index contributed by atoms with van der Waals surface area (Å²) in [6.07, 6.45) is 0.777. The van der Waals surface area contributed by atoms with Crippen LogP contribution in [-0.4, -0.2) is 31.7 Å². The van der Waals surface area contributed by atoms with Gasteiger partial charge >= 0.3 is 5.97 Å². The summed E-state index contributed by atoms with van der Waals surface area (Å²) in [5, 5.41) is 16.6. The van der Waals surface area contributed by atoms with Crippen molar-refractivity contribution in [1.29, 1.82) is 0 Å². The molecule has 0 aromatic carbocycles. The van der Waals surface area contributed by atoms with Crippen LogP contribution < -0.4 is 5.84 Å². The quantitative estimate of drug-likeness (QED) is 0.615. The van der Waals surface area contributed by atoms with Gasteiger partial charge in [-0.3, -0.25) is 4.79 Å². The first-order valence-corrected chi connectivity index (χ1v) is 6.24. The zero-order chi connectivity index (χ0) is 13.1. The van der Waals surface area contributed by atoms with E-state index in [1.165, 1.54) is 4.68 Å². The first kappa shape index (κ1) is 12.5. The third kappa shape index (κ3) is 2.48. The Morgan fingerprint density at radius 3 is 2.94 bits per heavy atom. The largest absolute Gasteiger partial charge is 0.481 e. The van der Waals surface area contributed by atoms with Crippen LogP contribution in [0.2, 0.25) is 0 Å². The number of aliphatic carboxylic acids is 1. The van der Waals surface area contributed by atoms with Gasteiger partial charge in [0.2, 0.25) is 11.0 Å². The molecule has 2 rings (SSSR count). The van der Waals surface area contributed by atoms with Crippen molar-refractivity contribution < 1.29 is 14.3 Å². The van der Waals surface area contributed by atoms with E-state index in [0.717, 1.165) is 23.9 Å². The lowest BCUT2D eigenvalue weighted by Crippen LogP contribution is -2.12. The van der Waals surface area contributed by atoms with Gasteiger partial charge in [-0.15, -0.1) is 10.2 Å². The highest BCUT2D eigenvalue weighted by Crippen LogP contribution is 2.23. The maximum atomic E-state index is 10.5. The minimum Gasteiger partial charge on any atom is -0.481 e. The van der Waals surface area contributed by atoms with Crippen LogP contribution in [0.5, 0.6) is 0 Å². The van der Waals surface area contributed by atoms with E-state index in [0.29, 0.717) is 16.7 Å². The number of carbonyl (C=O) groups is 1. The van der Waals surface area contributed by atoms with Crippen molar-refractivity contribution in [2.75, 3.05) is 11.6 Å². The molecule has 2 aromatic rings. The van der Waals surface area contributed by atoms with Crippen molar-refractivity contribution in [2.24, 2.45) is 0 Å². The highest BCUT2D eigenvalue weighted by molar-refractivity contribution is 7.99. The summed E-state index contributed by atoms with van der Waals surface area (Å²) in [6, 6.07) is 3.60. The van der Waals surface area contributed by atoms with Gasteiger partial charge in [0, 0.05) is 6.42 Å². The molecule has 0 amide bonds. The van der Waals surface area contributed by atoms with E-state index in [1.54, 1.807) is 6.07 Å². The number of nitrogens with two attached hydrogens (primary N) is 1. The molecule has 2 heterocycles. The summed E-state index contributed by atoms with van der Waals surface area (Å²) in [5.41, 5.74) is 0. The zero-order valence-corrected chi connectivity index (χ0v) is 10.5. The Balaban J connectivity index is 2.22. The molecule has 18 heavy (non-hydrogen) atoms. The minimum absolute atomic E-state index is 0.117. The minimum atomic E-state index is -0.934. The lowest BCUT2D eigenvalue weighted by atomic mass is 10.3. The summed E-state index contributed by atoms with van der Waals surface area (Å²) in [6.45, 7) is 1.98. The molecule has 0 fully saturated rings. The molecular formula is C10H12N4O3S. The smallest absolute Gasteiger partial charge is 0.313 e. The number of hydrogen-bond acceptors (Lipinski definition) is 6.